The maximum Gasteiger partial charge on any atom is 0.412 e. The Labute approximate surface area is 206 Å². The molecule has 2 rings (SSSR count). The second-order valence-corrected chi connectivity index (χ2v) is 10.2. The number of amides is 1. The molecule has 0 heterocycles. The van der Waals surface area contributed by atoms with E-state index < -0.39 is 35.8 Å². The van der Waals surface area contributed by atoms with Gasteiger partial charge < -0.3 is 24.8 Å². The number of carbonyl (C=O) groups is 2. The molecular weight excluding hydrogens is 452 g/mol. The Kier molecular flexibility index (Phi) is 9.39. The number of aliphatic hydroxyl groups is 2. The summed E-state index contributed by atoms with van der Waals surface area (Å²) in [6, 6.07) is 12.9. The zero-order chi connectivity index (χ0) is 26.4. The number of hydrogen-bond acceptors (Lipinski definition) is 7. The molecule has 0 aliphatic heterocycles. The molecule has 0 aliphatic rings. The van der Waals surface area contributed by atoms with Crippen LogP contribution in [-0.4, -0.2) is 56.3 Å². The van der Waals surface area contributed by atoms with E-state index in [-0.39, 0.29) is 18.7 Å². The highest BCUT2D eigenvalue weighted by molar-refractivity contribution is 5.87. The van der Waals surface area contributed by atoms with Crippen LogP contribution in [0.2, 0.25) is 0 Å². The second kappa shape index (κ2) is 11.6. The summed E-state index contributed by atoms with van der Waals surface area (Å²) in [5.74, 6) is -1.03. The third-order valence-electron chi connectivity index (χ3n) is 4.67. The number of aromatic carboxylic acids is 1. The molecule has 0 saturated carbocycles. The van der Waals surface area contributed by atoms with Crippen LogP contribution in [0, 0.1) is 0 Å². The summed E-state index contributed by atoms with van der Waals surface area (Å²) in [5.41, 5.74) is 0.727. The Morgan fingerprint density at radius 3 is 1.97 bits per heavy atom. The van der Waals surface area contributed by atoms with Gasteiger partial charge in [-0.3, -0.25) is 10.2 Å². The van der Waals surface area contributed by atoms with Gasteiger partial charge in [0, 0.05) is 12.2 Å². The predicted octanol–water partition coefficient (Wildman–Crippen LogP) is 4.36. The first-order chi connectivity index (χ1) is 16.1. The minimum atomic E-state index is -1.17. The van der Waals surface area contributed by atoms with Gasteiger partial charge in [0.1, 0.15) is 11.8 Å². The fraction of sp³-hybridized carbons (Fsp3) is 0.462. The molecule has 9 nitrogen and oxygen atoms in total. The van der Waals surface area contributed by atoms with E-state index in [2.05, 4.69) is 5.32 Å². The highest BCUT2D eigenvalue weighted by atomic mass is 16.6. The van der Waals surface area contributed by atoms with Crippen LogP contribution < -0.4 is 5.32 Å². The molecule has 192 valence electrons. The summed E-state index contributed by atoms with van der Waals surface area (Å²) in [5, 5.41) is 33.3. The van der Waals surface area contributed by atoms with E-state index >= 15 is 0 Å². The van der Waals surface area contributed by atoms with Crippen LogP contribution in [0.25, 0.3) is 0 Å². The topological polar surface area (TPSA) is 129 Å². The Morgan fingerprint density at radius 1 is 0.914 bits per heavy atom. The zero-order valence-electron chi connectivity index (χ0n) is 21.1. The molecule has 2 unspecified atom stereocenters. The van der Waals surface area contributed by atoms with Gasteiger partial charge in [0.05, 0.1) is 17.7 Å². The highest BCUT2D eigenvalue weighted by Gasteiger charge is 2.25. The van der Waals surface area contributed by atoms with Gasteiger partial charge >= 0.3 is 12.1 Å². The SMILES string of the molecule is CC(C)(C)OC(=O)Nc1ccc(C(O)N(Cc2ccc(C(=O)O)cc2)CC(O)OC(C)(C)C)cc1. The quantitative estimate of drug-likeness (QED) is 0.383. The van der Waals surface area contributed by atoms with Gasteiger partial charge in [0.25, 0.3) is 0 Å². The third kappa shape index (κ3) is 10.0. The number of benzene rings is 2. The van der Waals surface area contributed by atoms with Crippen molar-refractivity contribution in [3.8, 4) is 0 Å². The average Bonchev–Trinajstić information content (AvgIpc) is 2.71. The minimum absolute atomic E-state index is 0.00295. The lowest BCUT2D eigenvalue weighted by atomic mass is 10.1. The van der Waals surface area contributed by atoms with Crippen LogP contribution in [0.3, 0.4) is 0 Å². The van der Waals surface area contributed by atoms with Gasteiger partial charge in [-0.15, -0.1) is 0 Å². The van der Waals surface area contributed by atoms with Crippen LogP contribution in [0.1, 0.15) is 69.3 Å². The molecule has 0 spiro atoms. The normalized spacial score (nSPS) is 13.9. The molecule has 0 saturated heterocycles. The standard InChI is InChI=1S/C26H36N2O7/c1-25(2,3)34-21(29)16-28(15-17-7-9-19(10-8-17)23(31)32)22(30)18-11-13-20(14-12-18)27-24(33)35-26(4,5)6/h7-14,21-22,29-30H,15-16H2,1-6H3,(H,27,33)(H,31,32). The predicted molar refractivity (Wildman–Crippen MR) is 132 cm³/mol. The Bertz CT molecular complexity index is 977. The molecule has 9 heteroatoms. The van der Waals surface area contributed by atoms with Gasteiger partial charge in [-0.1, -0.05) is 24.3 Å². The summed E-state index contributed by atoms with van der Waals surface area (Å²) in [4.78, 5) is 24.7. The number of carboxylic acid groups (broad SMARTS) is 1. The number of ether oxygens (including phenoxy) is 2. The fourth-order valence-corrected chi connectivity index (χ4v) is 3.25. The van der Waals surface area contributed by atoms with E-state index in [1.54, 1.807) is 62.1 Å². The lowest BCUT2D eigenvalue weighted by Crippen LogP contribution is -2.39. The van der Waals surface area contributed by atoms with E-state index in [0.717, 1.165) is 5.56 Å². The minimum Gasteiger partial charge on any atom is -0.478 e. The van der Waals surface area contributed by atoms with Crippen LogP contribution in [0.4, 0.5) is 10.5 Å². The summed E-state index contributed by atoms with van der Waals surface area (Å²) in [6.45, 7) is 11.0. The second-order valence-electron chi connectivity index (χ2n) is 10.2. The van der Waals surface area contributed by atoms with Crippen LogP contribution in [0.5, 0.6) is 0 Å². The monoisotopic (exact) mass is 488 g/mol. The fourth-order valence-electron chi connectivity index (χ4n) is 3.25. The smallest absolute Gasteiger partial charge is 0.412 e. The van der Waals surface area contributed by atoms with Crippen molar-refractivity contribution >= 4 is 17.7 Å². The van der Waals surface area contributed by atoms with Gasteiger partial charge in [-0.05, 0) is 76.9 Å². The Hall–Kier alpha value is -2.98. The lowest BCUT2D eigenvalue weighted by Gasteiger charge is -2.32. The third-order valence-corrected chi connectivity index (χ3v) is 4.67. The largest absolute Gasteiger partial charge is 0.478 e. The van der Waals surface area contributed by atoms with E-state index in [1.165, 1.54) is 12.1 Å². The van der Waals surface area contributed by atoms with E-state index in [0.29, 0.717) is 11.3 Å². The van der Waals surface area contributed by atoms with Gasteiger partial charge in [0.15, 0.2) is 6.29 Å². The molecule has 35 heavy (non-hydrogen) atoms. The number of rotatable bonds is 9. The summed E-state index contributed by atoms with van der Waals surface area (Å²) >= 11 is 0. The Balaban J connectivity index is 2.19. The molecular formula is C26H36N2O7. The van der Waals surface area contributed by atoms with Crippen LogP contribution >= 0.6 is 0 Å². The Morgan fingerprint density at radius 2 is 1.49 bits per heavy atom. The molecule has 4 N–H and O–H groups in total. The molecule has 2 atom stereocenters. The maximum absolute atomic E-state index is 12.0. The molecule has 0 fully saturated rings. The number of aliphatic hydroxyl groups excluding tert-OH is 2. The first-order valence-corrected chi connectivity index (χ1v) is 11.3. The van der Waals surface area contributed by atoms with Gasteiger partial charge in [-0.25, -0.2) is 9.59 Å². The van der Waals surface area contributed by atoms with Crippen molar-refractivity contribution in [1.82, 2.24) is 4.90 Å². The number of carboxylic acids is 1. The van der Waals surface area contributed by atoms with Crippen LogP contribution in [-0.2, 0) is 16.0 Å². The number of hydrogen-bond donors (Lipinski definition) is 4. The molecule has 0 radical (unpaired) electrons. The van der Waals surface area contributed by atoms with Crippen molar-refractivity contribution in [2.24, 2.45) is 0 Å². The van der Waals surface area contributed by atoms with E-state index in [4.69, 9.17) is 14.6 Å². The van der Waals surface area contributed by atoms with Gasteiger partial charge in [-0.2, -0.15) is 0 Å². The number of anilines is 1. The first-order valence-electron chi connectivity index (χ1n) is 11.3. The van der Waals surface area contributed by atoms with E-state index in [1.807, 2.05) is 20.8 Å². The number of carbonyl (C=O) groups excluding carboxylic acids is 1. The first kappa shape index (κ1) is 28.3. The molecule has 1 amide bonds. The van der Waals surface area contributed by atoms with Crippen LogP contribution in [0.15, 0.2) is 48.5 Å². The maximum atomic E-state index is 12.0. The van der Waals surface area contributed by atoms with Crippen molar-refractivity contribution in [2.75, 3.05) is 11.9 Å². The molecule has 2 aromatic rings. The van der Waals surface area contributed by atoms with Crippen molar-refractivity contribution in [2.45, 2.75) is 71.8 Å². The van der Waals surface area contributed by atoms with Gasteiger partial charge in [0.2, 0.25) is 0 Å². The van der Waals surface area contributed by atoms with E-state index in [9.17, 15) is 19.8 Å². The lowest BCUT2D eigenvalue weighted by molar-refractivity contribution is -0.186. The molecule has 0 aliphatic carbocycles. The molecule has 0 bridgehead atoms. The summed E-state index contributed by atoms with van der Waals surface area (Å²) in [6.07, 6.45) is -2.86. The average molecular weight is 489 g/mol. The number of nitrogens with zero attached hydrogens (tertiary/aromatic N) is 1. The zero-order valence-corrected chi connectivity index (χ0v) is 21.1. The molecule has 2 aromatic carbocycles. The van der Waals surface area contributed by atoms with Crippen molar-refractivity contribution < 1.29 is 34.4 Å². The molecule has 0 aromatic heterocycles. The summed E-state index contributed by atoms with van der Waals surface area (Å²) in [7, 11) is 0. The summed E-state index contributed by atoms with van der Waals surface area (Å²) < 4.78 is 10.9. The van der Waals surface area contributed by atoms with Crippen molar-refractivity contribution in [3.63, 3.8) is 0 Å². The van der Waals surface area contributed by atoms with Crippen molar-refractivity contribution in [1.29, 1.82) is 0 Å². The highest BCUT2D eigenvalue weighted by Crippen LogP contribution is 2.24. The number of nitrogens with one attached hydrogen (secondary N) is 1. The van der Waals surface area contributed by atoms with Crippen molar-refractivity contribution in [3.05, 3.63) is 65.2 Å².